The first kappa shape index (κ1) is 21.8. The number of benzene rings is 2. The Labute approximate surface area is 191 Å². The van der Waals surface area contributed by atoms with Crippen LogP contribution in [0.2, 0.25) is 0 Å². The van der Waals surface area contributed by atoms with Gasteiger partial charge in [0.05, 0.1) is 9.82 Å². The highest BCUT2D eigenvalue weighted by atomic mass is 32.2. The number of aryl methyl sites for hydroxylation is 1. The summed E-state index contributed by atoms with van der Waals surface area (Å²) in [5.41, 5.74) is 2.59. The van der Waals surface area contributed by atoms with Gasteiger partial charge < -0.3 is 9.80 Å². The van der Waals surface area contributed by atoms with Crippen molar-refractivity contribution in [2.24, 2.45) is 0 Å². The van der Waals surface area contributed by atoms with Gasteiger partial charge in [-0.15, -0.1) is 11.8 Å². The van der Waals surface area contributed by atoms with Gasteiger partial charge in [0.2, 0.25) is 0 Å². The molecule has 32 heavy (non-hydrogen) atoms. The molecular formula is C24H24N4O3S. The molecule has 2 heterocycles. The second kappa shape index (κ2) is 9.82. The summed E-state index contributed by atoms with van der Waals surface area (Å²) in [6.07, 6.45) is 1.75. The molecule has 0 N–H and O–H groups in total. The quantitative estimate of drug-likeness (QED) is 0.313. The number of nitro benzene ring substituents is 1. The van der Waals surface area contributed by atoms with E-state index in [1.165, 1.54) is 23.4 Å². The molecule has 1 aromatic heterocycles. The third-order valence-electron chi connectivity index (χ3n) is 5.46. The fourth-order valence-electron chi connectivity index (χ4n) is 3.62. The molecule has 4 rings (SSSR count). The number of amides is 1. The van der Waals surface area contributed by atoms with Crippen molar-refractivity contribution in [3.63, 3.8) is 0 Å². The molecule has 1 saturated heterocycles. The zero-order valence-electron chi connectivity index (χ0n) is 17.8. The van der Waals surface area contributed by atoms with Crippen molar-refractivity contribution in [2.75, 3.05) is 31.1 Å². The summed E-state index contributed by atoms with van der Waals surface area (Å²) in [5, 5.41) is 11.7. The van der Waals surface area contributed by atoms with Gasteiger partial charge in [-0.05, 0) is 36.8 Å². The summed E-state index contributed by atoms with van der Waals surface area (Å²) in [5.74, 6) is 1.35. The molecule has 0 saturated carbocycles. The van der Waals surface area contributed by atoms with E-state index in [1.54, 1.807) is 23.2 Å². The summed E-state index contributed by atoms with van der Waals surface area (Å²) in [6.45, 7) is 4.47. The van der Waals surface area contributed by atoms with Gasteiger partial charge in [-0.2, -0.15) is 0 Å². The SMILES string of the molecule is Cc1ccc(CSc2ccc(C(=O)N3CCN(c4ccccn4)CC3)cc2[N+](=O)[O-])cc1. The van der Waals surface area contributed by atoms with Crippen LogP contribution in [0.15, 0.2) is 71.8 Å². The summed E-state index contributed by atoms with van der Waals surface area (Å²) in [6, 6.07) is 18.7. The van der Waals surface area contributed by atoms with E-state index in [0.717, 1.165) is 11.4 Å². The van der Waals surface area contributed by atoms with Crippen molar-refractivity contribution in [1.82, 2.24) is 9.88 Å². The molecule has 1 amide bonds. The number of carbonyl (C=O) groups is 1. The van der Waals surface area contributed by atoms with E-state index >= 15 is 0 Å². The monoisotopic (exact) mass is 448 g/mol. The number of anilines is 1. The van der Waals surface area contributed by atoms with Gasteiger partial charge in [0.15, 0.2) is 0 Å². The van der Waals surface area contributed by atoms with Crippen LogP contribution in [0.25, 0.3) is 0 Å². The summed E-state index contributed by atoms with van der Waals surface area (Å²) in [7, 11) is 0. The molecule has 0 spiro atoms. The molecule has 0 unspecified atom stereocenters. The highest BCUT2D eigenvalue weighted by molar-refractivity contribution is 7.98. The van der Waals surface area contributed by atoms with E-state index in [9.17, 15) is 14.9 Å². The largest absolute Gasteiger partial charge is 0.353 e. The predicted octanol–water partition coefficient (Wildman–Crippen LogP) is 4.55. The Morgan fingerprint density at radius 1 is 1.06 bits per heavy atom. The fraction of sp³-hybridized carbons (Fsp3) is 0.250. The van der Waals surface area contributed by atoms with Gasteiger partial charge in [-0.1, -0.05) is 35.9 Å². The Kier molecular flexibility index (Phi) is 6.70. The number of thioether (sulfide) groups is 1. The summed E-state index contributed by atoms with van der Waals surface area (Å²) < 4.78 is 0. The second-order valence-electron chi connectivity index (χ2n) is 7.68. The summed E-state index contributed by atoms with van der Waals surface area (Å²) in [4.78, 5) is 33.1. The standard InChI is InChI=1S/C24H24N4O3S/c1-18-5-7-19(8-6-18)17-32-22-10-9-20(16-21(22)28(30)31)24(29)27-14-12-26(13-15-27)23-4-2-3-11-25-23/h2-11,16H,12-15,17H2,1H3. The lowest BCUT2D eigenvalue weighted by molar-refractivity contribution is -0.387. The molecule has 1 aliphatic rings. The van der Waals surface area contributed by atoms with Crippen LogP contribution < -0.4 is 4.90 Å². The fourth-order valence-corrected chi connectivity index (χ4v) is 4.58. The lowest BCUT2D eigenvalue weighted by Crippen LogP contribution is -2.49. The Morgan fingerprint density at radius 2 is 1.81 bits per heavy atom. The molecule has 3 aromatic rings. The maximum Gasteiger partial charge on any atom is 0.283 e. The van der Waals surface area contributed by atoms with E-state index in [1.807, 2.05) is 49.4 Å². The Morgan fingerprint density at radius 3 is 2.47 bits per heavy atom. The Hall–Kier alpha value is -3.39. The van der Waals surface area contributed by atoms with Crippen LogP contribution in [0, 0.1) is 17.0 Å². The molecule has 8 heteroatoms. The highest BCUT2D eigenvalue weighted by Crippen LogP contribution is 2.33. The van der Waals surface area contributed by atoms with Gasteiger partial charge in [0, 0.05) is 49.8 Å². The molecule has 2 aromatic carbocycles. The van der Waals surface area contributed by atoms with Crippen molar-refractivity contribution in [3.8, 4) is 0 Å². The van der Waals surface area contributed by atoms with E-state index in [2.05, 4.69) is 9.88 Å². The van der Waals surface area contributed by atoms with Crippen molar-refractivity contribution in [2.45, 2.75) is 17.6 Å². The van der Waals surface area contributed by atoms with Crippen LogP contribution in [-0.4, -0.2) is 46.9 Å². The number of hydrogen-bond acceptors (Lipinski definition) is 6. The normalized spacial score (nSPS) is 13.8. The zero-order chi connectivity index (χ0) is 22.5. The molecule has 0 bridgehead atoms. The lowest BCUT2D eigenvalue weighted by Gasteiger charge is -2.35. The van der Waals surface area contributed by atoms with E-state index in [4.69, 9.17) is 0 Å². The van der Waals surface area contributed by atoms with Crippen LogP contribution in [0.5, 0.6) is 0 Å². The molecule has 7 nitrogen and oxygen atoms in total. The molecule has 0 radical (unpaired) electrons. The average Bonchev–Trinajstić information content (AvgIpc) is 2.84. The number of rotatable bonds is 6. The smallest absolute Gasteiger partial charge is 0.283 e. The number of piperazine rings is 1. The first-order chi connectivity index (χ1) is 15.5. The lowest BCUT2D eigenvalue weighted by atomic mass is 10.1. The molecular weight excluding hydrogens is 424 g/mol. The van der Waals surface area contributed by atoms with Crippen molar-refractivity contribution in [1.29, 1.82) is 0 Å². The number of nitrogens with zero attached hydrogens (tertiary/aromatic N) is 4. The van der Waals surface area contributed by atoms with Crippen LogP contribution in [0.4, 0.5) is 11.5 Å². The third kappa shape index (κ3) is 5.08. The van der Waals surface area contributed by atoms with Crippen molar-refractivity contribution < 1.29 is 9.72 Å². The number of nitro groups is 1. The highest BCUT2D eigenvalue weighted by Gasteiger charge is 2.25. The number of carbonyl (C=O) groups excluding carboxylic acids is 1. The first-order valence-corrected chi connectivity index (χ1v) is 11.4. The summed E-state index contributed by atoms with van der Waals surface area (Å²) >= 11 is 1.41. The van der Waals surface area contributed by atoms with Gasteiger partial charge in [-0.3, -0.25) is 14.9 Å². The van der Waals surface area contributed by atoms with Gasteiger partial charge in [0.1, 0.15) is 5.82 Å². The van der Waals surface area contributed by atoms with E-state index in [-0.39, 0.29) is 11.6 Å². The van der Waals surface area contributed by atoms with Crippen LogP contribution >= 0.6 is 11.8 Å². The van der Waals surface area contributed by atoms with Crippen molar-refractivity contribution in [3.05, 3.63) is 93.7 Å². The predicted molar refractivity (Wildman–Crippen MR) is 126 cm³/mol. The molecule has 1 aliphatic heterocycles. The zero-order valence-corrected chi connectivity index (χ0v) is 18.6. The molecule has 164 valence electrons. The van der Waals surface area contributed by atoms with Crippen LogP contribution in [0.3, 0.4) is 0 Å². The van der Waals surface area contributed by atoms with Crippen LogP contribution in [-0.2, 0) is 5.75 Å². The first-order valence-electron chi connectivity index (χ1n) is 10.4. The third-order valence-corrected chi connectivity index (χ3v) is 6.59. The average molecular weight is 449 g/mol. The van der Waals surface area contributed by atoms with E-state index < -0.39 is 4.92 Å². The Bertz CT molecular complexity index is 1100. The minimum atomic E-state index is -0.409. The molecule has 0 atom stereocenters. The van der Waals surface area contributed by atoms with E-state index in [0.29, 0.717) is 42.4 Å². The minimum absolute atomic E-state index is 0.0277. The number of pyridine rings is 1. The second-order valence-corrected chi connectivity index (χ2v) is 8.70. The van der Waals surface area contributed by atoms with Gasteiger partial charge in [0.25, 0.3) is 11.6 Å². The molecule has 0 aliphatic carbocycles. The maximum atomic E-state index is 13.0. The maximum absolute atomic E-state index is 13.0. The van der Waals surface area contributed by atoms with Gasteiger partial charge >= 0.3 is 0 Å². The number of hydrogen-bond donors (Lipinski definition) is 0. The van der Waals surface area contributed by atoms with Gasteiger partial charge in [-0.25, -0.2) is 4.98 Å². The molecule has 1 fully saturated rings. The van der Waals surface area contributed by atoms with Crippen molar-refractivity contribution >= 4 is 29.2 Å². The van der Waals surface area contributed by atoms with Crippen LogP contribution in [0.1, 0.15) is 21.5 Å². The topological polar surface area (TPSA) is 79.6 Å². The Balaban J connectivity index is 1.43. The number of aromatic nitrogens is 1. The minimum Gasteiger partial charge on any atom is -0.353 e.